The zero-order valence-electron chi connectivity index (χ0n) is 19.8. The van der Waals surface area contributed by atoms with E-state index in [1.54, 1.807) is 24.3 Å². The first-order valence-electron chi connectivity index (χ1n) is 11.3. The Morgan fingerprint density at radius 3 is 2.63 bits per heavy atom. The van der Waals surface area contributed by atoms with Gasteiger partial charge in [0, 0.05) is 23.1 Å². The fraction of sp³-hybridized carbons (Fsp3) is 0.417. The van der Waals surface area contributed by atoms with Crippen LogP contribution in [0.3, 0.4) is 0 Å². The van der Waals surface area contributed by atoms with Crippen LogP contribution in [0, 0.1) is 5.41 Å². The van der Waals surface area contributed by atoms with Gasteiger partial charge >= 0.3 is 10.3 Å². The van der Waals surface area contributed by atoms with E-state index in [9.17, 15) is 13.2 Å². The van der Waals surface area contributed by atoms with Gasteiger partial charge in [0.2, 0.25) is 5.91 Å². The summed E-state index contributed by atoms with van der Waals surface area (Å²) in [6.07, 6.45) is 5.14. The molecule has 188 valence electrons. The highest BCUT2D eigenvalue weighted by atomic mass is 32.2. The number of hydrogen-bond donors (Lipinski definition) is 3. The van der Waals surface area contributed by atoms with Crippen LogP contribution in [0.15, 0.2) is 53.3 Å². The lowest BCUT2D eigenvalue weighted by Crippen LogP contribution is -2.38. The Kier molecular flexibility index (Phi) is 7.20. The van der Waals surface area contributed by atoms with Crippen molar-refractivity contribution in [1.29, 1.82) is 0 Å². The molecule has 9 nitrogen and oxygen atoms in total. The van der Waals surface area contributed by atoms with Crippen LogP contribution in [-0.4, -0.2) is 37.1 Å². The van der Waals surface area contributed by atoms with Crippen molar-refractivity contribution < 1.29 is 27.2 Å². The van der Waals surface area contributed by atoms with Crippen LogP contribution in [0.25, 0.3) is 0 Å². The zero-order chi connectivity index (χ0) is 25.2. The molecule has 2 heterocycles. The molecule has 3 N–H and O–H groups in total. The molecule has 0 fully saturated rings. The number of hydrogen-bond acceptors (Lipinski definition) is 7. The molecule has 0 bridgehead atoms. The molecular formula is C24H29N3O6S2. The van der Waals surface area contributed by atoms with Crippen molar-refractivity contribution in [3.63, 3.8) is 0 Å². The first-order valence-corrected chi connectivity index (χ1v) is 13.6. The third-order valence-electron chi connectivity index (χ3n) is 5.62. The molecule has 1 aromatic carbocycles. The number of amides is 1. The number of rotatable bonds is 7. The fourth-order valence-electron chi connectivity index (χ4n) is 3.74. The minimum absolute atomic E-state index is 0.0604. The van der Waals surface area contributed by atoms with Crippen LogP contribution in [-0.2, 0) is 31.0 Å². The van der Waals surface area contributed by atoms with Gasteiger partial charge in [0.15, 0.2) is 5.76 Å². The maximum atomic E-state index is 12.8. The van der Waals surface area contributed by atoms with E-state index in [0.29, 0.717) is 26.1 Å². The monoisotopic (exact) mass is 519 g/mol. The van der Waals surface area contributed by atoms with Crippen molar-refractivity contribution in [3.8, 4) is 0 Å². The SMILES string of the molecule is CC(C)(C)C(=O)N[C@@H](Cc1ccc(NS(=O)(=O)O)cc1)c1nc(C2C=CC3=C(C2)OCCO3)cs1. The molecule has 0 spiro atoms. The third-order valence-corrected chi connectivity index (χ3v) is 7.09. The number of nitrogens with one attached hydrogen (secondary N) is 2. The van der Waals surface area contributed by atoms with Crippen LogP contribution in [0.1, 0.15) is 55.4 Å². The van der Waals surface area contributed by atoms with Crippen molar-refractivity contribution >= 4 is 33.2 Å². The predicted molar refractivity (Wildman–Crippen MR) is 133 cm³/mol. The lowest BCUT2D eigenvalue weighted by Gasteiger charge is -2.26. The summed E-state index contributed by atoms with van der Waals surface area (Å²) >= 11 is 1.49. The summed E-state index contributed by atoms with van der Waals surface area (Å²) < 4.78 is 44.5. The number of anilines is 1. The minimum Gasteiger partial charge on any atom is -0.490 e. The van der Waals surface area contributed by atoms with E-state index >= 15 is 0 Å². The van der Waals surface area contributed by atoms with E-state index in [1.165, 1.54) is 11.3 Å². The third kappa shape index (κ3) is 6.62. The van der Waals surface area contributed by atoms with Crippen LogP contribution in [0.2, 0.25) is 0 Å². The summed E-state index contributed by atoms with van der Waals surface area (Å²) in [4.78, 5) is 17.7. The van der Waals surface area contributed by atoms with E-state index < -0.39 is 15.7 Å². The van der Waals surface area contributed by atoms with Gasteiger partial charge in [-0.1, -0.05) is 39.0 Å². The Morgan fingerprint density at radius 2 is 1.94 bits per heavy atom. The molecule has 1 unspecified atom stereocenters. The Bertz CT molecular complexity index is 1240. The van der Waals surface area contributed by atoms with Gasteiger partial charge in [0.05, 0.1) is 17.4 Å². The average Bonchev–Trinajstić information content (AvgIpc) is 3.28. The number of carbonyl (C=O) groups is 1. The van der Waals surface area contributed by atoms with Crippen LogP contribution in [0.4, 0.5) is 5.69 Å². The summed E-state index contributed by atoms with van der Waals surface area (Å²) in [5.41, 5.74) is 1.45. The van der Waals surface area contributed by atoms with Gasteiger partial charge in [-0.25, -0.2) is 4.98 Å². The van der Waals surface area contributed by atoms with E-state index in [1.807, 2.05) is 36.9 Å². The Hall–Kier alpha value is -2.89. The number of ether oxygens (including phenoxy) is 2. The van der Waals surface area contributed by atoms with Gasteiger partial charge in [-0.05, 0) is 30.2 Å². The van der Waals surface area contributed by atoms with Gasteiger partial charge < -0.3 is 14.8 Å². The summed E-state index contributed by atoms with van der Waals surface area (Å²) in [5.74, 6) is 1.59. The van der Waals surface area contributed by atoms with Gasteiger partial charge in [0.25, 0.3) is 0 Å². The molecular weight excluding hydrogens is 490 g/mol. The molecule has 2 aromatic rings. The van der Waals surface area contributed by atoms with Crippen molar-refractivity contribution in [1.82, 2.24) is 10.3 Å². The zero-order valence-corrected chi connectivity index (χ0v) is 21.4. The van der Waals surface area contributed by atoms with Crippen LogP contribution in [0.5, 0.6) is 0 Å². The standard InChI is InChI=1S/C24H29N3O6S2/c1-24(2,3)23(28)26-18(12-15-4-7-17(8-5-15)27-35(29,30)31)22-25-19(14-34-22)16-6-9-20-21(13-16)33-11-10-32-20/h4-9,14,16,18,27H,10-13H2,1-3H3,(H,26,28)(H,29,30,31)/t16?,18-/m0/s1. The van der Waals surface area contributed by atoms with E-state index in [4.69, 9.17) is 19.0 Å². The van der Waals surface area contributed by atoms with E-state index in [2.05, 4.69) is 11.4 Å². The predicted octanol–water partition coefficient (Wildman–Crippen LogP) is 4.11. The lowest BCUT2D eigenvalue weighted by atomic mass is 9.94. The average molecular weight is 520 g/mol. The Morgan fingerprint density at radius 1 is 1.23 bits per heavy atom. The van der Waals surface area contributed by atoms with Gasteiger partial charge in [-0.2, -0.15) is 8.42 Å². The van der Waals surface area contributed by atoms with Crippen LogP contribution >= 0.6 is 11.3 Å². The molecule has 1 aliphatic heterocycles. The van der Waals surface area contributed by atoms with Crippen molar-refractivity contribution in [2.24, 2.45) is 5.41 Å². The van der Waals surface area contributed by atoms with E-state index in [-0.39, 0.29) is 23.6 Å². The fourth-order valence-corrected chi connectivity index (χ4v) is 5.11. The van der Waals surface area contributed by atoms with Crippen molar-refractivity contribution in [3.05, 3.63) is 69.6 Å². The van der Waals surface area contributed by atoms with Crippen molar-refractivity contribution in [2.45, 2.75) is 45.6 Å². The maximum Gasteiger partial charge on any atom is 0.357 e. The first kappa shape index (κ1) is 25.2. The number of allylic oxidation sites excluding steroid dienone is 3. The second-order valence-corrected chi connectivity index (χ2v) is 11.6. The van der Waals surface area contributed by atoms with Gasteiger partial charge in [-0.3, -0.25) is 14.1 Å². The quantitative estimate of drug-likeness (QED) is 0.470. The molecule has 2 atom stereocenters. The molecule has 0 saturated heterocycles. The number of benzene rings is 1. The normalized spacial score (nSPS) is 18.8. The first-order chi connectivity index (χ1) is 16.5. The number of carbonyl (C=O) groups excluding carboxylic acids is 1. The number of nitrogens with zero attached hydrogens (tertiary/aromatic N) is 1. The molecule has 11 heteroatoms. The molecule has 35 heavy (non-hydrogen) atoms. The lowest BCUT2D eigenvalue weighted by molar-refractivity contribution is -0.129. The van der Waals surface area contributed by atoms with Gasteiger partial charge in [-0.15, -0.1) is 11.3 Å². The second-order valence-electron chi connectivity index (χ2n) is 9.52. The Balaban J connectivity index is 1.53. The molecule has 1 aromatic heterocycles. The summed E-state index contributed by atoms with van der Waals surface area (Å²) in [7, 11) is -4.34. The van der Waals surface area contributed by atoms with E-state index in [0.717, 1.165) is 27.8 Å². The number of aromatic nitrogens is 1. The molecule has 0 saturated carbocycles. The summed E-state index contributed by atoms with van der Waals surface area (Å²) in [6.45, 7) is 6.66. The smallest absolute Gasteiger partial charge is 0.357 e. The summed E-state index contributed by atoms with van der Waals surface area (Å²) in [6, 6.07) is 6.25. The largest absolute Gasteiger partial charge is 0.490 e. The second kappa shape index (κ2) is 10.00. The highest BCUT2D eigenvalue weighted by Crippen LogP contribution is 2.35. The van der Waals surface area contributed by atoms with Crippen LogP contribution < -0.4 is 10.0 Å². The molecule has 4 rings (SSSR count). The molecule has 1 amide bonds. The topological polar surface area (TPSA) is 127 Å². The molecule has 1 aliphatic carbocycles. The number of thiazole rings is 1. The highest BCUT2D eigenvalue weighted by Gasteiger charge is 2.29. The summed E-state index contributed by atoms with van der Waals surface area (Å²) in [5, 5.41) is 5.91. The minimum atomic E-state index is -4.34. The van der Waals surface area contributed by atoms with Crippen molar-refractivity contribution in [2.75, 3.05) is 17.9 Å². The molecule has 0 radical (unpaired) electrons. The highest BCUT2D eigenvalue weighted by molar-refractivity contribution is 7.87. The van der Waals surface area contributed by atoms with Gasteiger partial charge in [0.1, 0.15) is 24.0 Å². The molecule has 2 aliphatic rings. The maximum absolute atomic E-state index is 12.8. The Labute approximate surface area is 209 Å².